The minimum atomic E-state index is -0.292. The highest BCUT2D eigenvalue weighted by atomic mass is 16.6. The second-order valence-electron chi connectivity index (χ2n) is 6.04. The van der Waals surface area contributed by atoms with Crippen molar-refractivity contribution in [1.82, 2.24) is 0 Å². The van der Waals surface area contributed by atoms with E-state index in [0.717, 1.165) is 0 Å². The van der Waals surface area contributed by atoms with E-state index in [0.29, 0.717) is 46.1 Å². The summed E-state index contributed by atoms with van der Waals surface area (Å²) in [6, 6.07) is 0. The van der Waals surface area contributed by atoms with Crippen LogP contribution in [0, 0.1) is 11.8 Å². The normalized spacial score (nSPS) is 13.2. The van der Waals surface area contributed by atoms with Crippen molar-refractivity contribution >= 4 is 11.9 Å². The fraction of sp³-hybridized carbons (Fsp3) is 0.889. The Balaban J connectivity index is 3.73. The minimum absolute atomic E-state index is 0.0254. The molecule has 0 rings (SSSR count). The summed E-state index contributed by atoms with van der Waals surface area (Å²) in [7, 11) is 3.19. The van der Waals surface area contributed by atoms with Gasteiger partial charge in [0.2, 0.25) is 0 Å². The van der Waals surface area contributed by atoms with Crippen LogP contribution in [0.15, 0.2) is 0 Å². The zero-order chi connectivity index (χ0) is 19.6. The van der Waals surface area contributed by atoms with Gasteiger partial charge >= 0.3 is 11.9 Å². The molecule has 0 aliphatic rings. The maximum atomic E-state index is 11.9. The summed E-state index contributed by atoms with van der Waals surface area (Å²) in [5.74, 6) is -0.835. The molecule has 0 fully saturated rings. The van der Waals surface area contributed by atoms with Gasteiger partial charge in [-0.05, 0) is 12.3 Å². The SMILES string of the molecule is COCCOCCOC(=O)CC(C)CC(C)C(=O)OCCOCCOC. The van der Waals surface area contributed by atoms with Crippen molar-refractivity contribution in [2.75, 3.05) is 67.1 Å². The van der Waals surface area contributed by atoms with Crippen LogP contribution < -0.4 is 0 Å². The van der Waals surface area contributed by atoms with Crippen molar-refractivity contribution in [3.05, 3.63) is 0 Å². The first-order chi connectivity index (χ1) is 12.5. The van der Waals surface area contributed by atoms with E-state index in [1.165, 1.54) is 0 Å². The van der Waals surface area contributed by atoms with E-state index in [-0.39, 0.29) is 43.4 Å². The van der Waals surface area contributed by atoms with E-state index in [2.05, 4.69) is 0 Å². The van der Waals surface area contributed by atoms with Crippen LogP contribution in [0.5, 0.6) is 0 Å². The van der Waals surface area contributed by atoms with Crippen molar-refractivity contribution in [3.8, 4) is 0 Å². The lowest BCUT2D eigenvalue weighted by Crippen LogP contribution is -2.21. The summed E-state index contributed by atoms with van der Waals surface area (Å²) in [5.41, 5.74) is 0. The molecule has 0 N–H and O–H groups in total. The topological polar surface area (TPSA) is 89.5 Å². The molecule has 0 saturated heterocycles. The van der Waals surface area contributed by atoms with Gasteiger partial charge in [-0.15, -0.1) is 0 Å². The van der Waals surface area contributed by atoms with Crippen LogP contribution in [0.25, 0.3) is 0 Å². The standard InChI is InChI=1S/C18H34O8/c1-15(14-17(19)25-11-9-23-7-5-21-3)13-16(2)18(20)26-12-10-24-8-6-22-4/h15-16H,5-14H2,1-4H3. The number of hydrogen-bond donors (Lipinski definition) is 0. The van der Waals surface area contributed by atoms with E-state index < -0.39 is 0 Å². The van der Waals surface area contributed by atoms with E-state index in [1.54, 1.807) is 21.1 Å². The van der Waals surface area contributed by atoms with Gasteiger partial charge in [-0.25, -0.2) is 0 Å². The van der Waals surface area contributed by atoms with E-state index in [4.69, 9.17) is 28.4 Å². The third kappa shape index (κ3) is 15.1. The van der Waals surface area contributed by atoms with Crippen LogP contribution >= 0.6 is 0 Å². The monoisotopic (exact) mass is 378 g/mol. The molecule has 0 aliphatic heterocycles. The molecule has 0 aromatic carbocycles. The zero-order valence-electron chi connectivity index (χ0n) is 16.5. The largest absolute Gasteiger partial charge is 0.463 e. The minimum Gasteiger partial charge on any atom is -0.463 e. The van der Waals surface area contributed by atoms with E-state index in [9.17, 15) is 9.59 Å². The highest BCUT2D eigenvalue weighted by Gasteiger charge is 2.20. The average Bonchev–Trinajstić information content (AvgIpc) is 2.60. The van der Waals surface area contributed by atoms with E-state index >= 15 is 0 Å². The molecule has 0 spiro atoms. The van der Waals surface area contributed by atoms with Crippen LogP contribution in [0.2, 0.25) is 0 Å². The number of ether oxygens (including phenoxy) is 6. The fourth-order valence-electron chi connectivity index (χ4n) is 2.17. The molecule has 0 bridgehead atoms. The molecule has 0 heterocycles. The second-order valence-corrected chi connectivity index (χ2v) is 6.04. The molecule has 0 amide bonds. The molecule has 0 saturated carbocycles. The zero-order valence-corrected chi connectivity index (χ0v) is 16.5. The lowest BCUT2D eigenvalue weighted by atomic mass is 9.95. The molecular formula is C18H34O8. The average molecular weight is 378 g/mol. The molecule has 0 aromatic rings. The van der Waals surface area contributed by atoms with Gasteiger partial charge < -0.3 is 28.4 Å². The number of carbonyl (C=O) groups is 2. The Hall–Kier alpha value is -1.22. The summed E-state index contributed by atoms with van der Waals surface area (Å²) in [4.78, 5) is 23.7. The van der Waals surface area contributed by atoms with Gasteiger partial charge in [0.15, 0.2) is 0 Å². The maximum absolute atomic E-state index is 11.9. The quantitative estimate of drug-likeness (QED) is 0.278. The Morgan fingerprint density at radius 3 is 1.77 bits per heavy atom. The fourth-order valence-corrected chi connectivity index (χ4v) is 2.17. The third-order valence-corrected chi connectivity index (χ3v) is 3.50. The second kappa shape index (κ2) is 17.2. The molecule has 0 aromatic heterocycles. The highest BCUT2D eigenvalue weighted by molar-refractivity contribution is 5.72. The Kier molecular flexibility index (Phi) is 16.4. The van der Waals surface area contributed by atoms with Gasteiger partial charge in [-0.2, -0.15) is 0 Å². The smallest absolute Gasteiger partial charge is 0.308 e. The molecule has 8 heteroatoms. The number of methoxy groups -OCH3 is 2. The molecule has 2 atom stereocenters. The Labute approximate surface area is 156 Å². The molecule has 154 valence electrons. The van der Waals surface area contributed by atoms with Gasteiger partial charge in [0.25, 0.3) is 0 Å². The molecular weight excluding hydrogens is 344 g/mol. The summed E-state index contributed by atoms with van der Waals surface area (Å²) in [6.45, 7) is 6.79. The van der Waals surface area contributed by atoms with Gasteiger partial charge in [0, 0.05) is 20.6 Å². The summed E-state index contributed by atoms with van der Waals surface area (Å²) in [5, 5.41) is 0. The van der Waals surface area contributed by atoms with Crippen molar-refractivity contribution in [2.24, 2.45) is 11.8 Å². The van der Waals surface area contributed by atoms with Gasteiger partial charge in [-0.1, -0.05) is 13.8 Å². The molecule has 2 unspecified atom stereocenters. The third-order valence-electron chi connectivity index (χ3n) is 3.50. The molecule has 8 nitrogen and oxygen atoms in total. The summed E-state index contributed by atoms with van der Waals surface area (Å²) >= 11 is 0. The van der Waals surface area contributed by atoms with E-state index in [1.807, 2.05) is 6.92 Å². The van der Waals surface area contributed by atoms with Crippen LogP contribution in [0.1, 0.15) is 26.7 Å². The molecule has 0 aliphatic carbocycles. The number of carbonyl (C=O) groups excluding carboxylic acids is 2. The predicted molar refractivity (Wildman–Crippen MR) is 94.9 cm³/mol. The number of hydrogen-bond acceptors (Lipinski definition) is 8. The first-order valence-corrected chi connectivity index (χ1v) is 8.96. The summed E-state index contributed by atoms with van der Waals surface area (Å²) in [6.07, 6.45) is 0.818. The van der Waals surface area contributed by atoms with Gasteiger partial charge in [0.1, 0.15) is 13.2 Å². The van der Waals surface area contributed by atoms with Gasteiger partial charge in [0.05, 0.1) is 45.6 Å². The predicted octanol–water partition coefficient (Wildman–Crippen LogP) is 1.45. The lowest BCUT2D eigenvalue weighted by Gasteiger charge is -2.16. The lowest BCUT2D eigenvalue weighted by molar-refractivity contribution is -0.151. The Morgan fingerprint density at radius 2 is 1.23 bits per heavy atom. The Bertz CT molecular complexity index is 361. The van der Waals surface area contributed by atoms with Crippen molar-refractivity contribution < 1.29 is 38.0 Å². The van der Waals surface area contributed by atoms with Crippen molar-refractivity contribution in [1.29, 1.82) is 0 Å². The number of esters is 2. The molecule has 26 heavy (non-hydrogen) atoms. The van der Waals surface area contributed by atoms with Crippen molar-refractivity contribution in [3.63, 3.8) is 0 Å². The van der Waals surface area contributed by atoms with Crippen LogP contribution in [-0.2, 0) is 38.0 Å². The highest BCUT2D eigenvalue weighted by Crippen LogP contribution is 2.17. The first-order valence-electron chi connectivity index (χ1n) is 8.96. The summed E-state index contributed by atoms with van der Waals surface area (Å²) < 4.78 is 30.4. The van der Waals surface area contributed by atoms with Crippen LogP contribution in [0.3, 0.4) is 0 Å². The van der Waals surface area contributed by atoms with Crippen LogP contribution in [-0.4, -0.2) is 79.0 Å². The number of rotatable bonds is 17. The Morgan fingerprint density at radius 1 is 0.731 bits per heavy atom. The maximum Gasteiger partial charge on any atom is 0.308 e. The first kappa shape index (κ1) is 24.8. The van der Waals surface area contributed by atoms with Crippen molar-refractivity contribution in [2.45, 2.75) is 26.7 Å². The molecule has 0 radical (unpaired) electrons. The van der Waals surface area contributed by atoms with Gasteiger partial charge in [-0.3, -0.25) is 9.59 Å². The van der Waals surface area contributed by atoms with Crippen LogP contribution in [0.4, 0.5) is 0 Å².